The van der Waals surface area contributed by atoms with Crippen molar-refractivity contribution in [3.63, 3.8) is 0 Å². The van der Waals surface area contributed by atoms with Gasteiger partial charge in [-0.2, -0.15) is 0 Å². The average Bonchev–Trinajstić information content (AvgIpc) is 2.73. The van der Waals surface area contributed by atoms with Crippen molar-refractivity contribution in [3.8, 4) is 0 Å². The fourth-order valence-electron chi connectivity index (χ4n) is 2.78. The van der Waals surface area contributed by atoms with E-state index in [1.807, 2.05) is 18.2 Å². The molecule has 1 aromatic heterocycles. The summed E-state index contributed by atoms with van der Waals surface area (Å²) >= 11 is 0. The second-order valence-electron chi connectivity index (χ2n) is 5.53. The number of imidazole rings is 1. The summed E-state index contributed by atoms with van der Waals surface area (Å²) in [6.45, 7) is 3.39. The van der Waals surface area contributed by atoms with E-state index in [4.69, 9.17) is 0 Å². The van der Waals surface area contributed by atoms with E-state index in [0.717, 1.165) is 36.1 Å². The molecule has 0 aliphatic carbocycles. The second-order valence-corrected chi connectivity index (χ2v) is 5.53. The summed E-state index contributed by atoms with van der Waals surface area (Å²) in [7, 11) is 2.18. The maximum atomic E-state index is 11.2. The standard InChI is InChI=1S/C14H20N4O/c1-9-7-11(5-6-18(9)2)15-10-3-4-12-13(8-10)17-14(19)16-12/h3-4,8-9,11,15H,5-7H2,1-2H3,(H2,16,17,19). The zero-order valence-electron chi connectivity index (χ0n) is 11.4. The molecular weight excluding hydrogens is 240 g/mol. The Hall–Kier alpha value is -1.75. The molecule has 0 bridgehead atoms. The Balaban J connectivity index is 1.76. The van der Waals surface area contributed by atoms with E-state index in [-0.39, 0.29) is 5.69 Å². The lowest BCUT2D eigenvalue weighted by molar-refractivity contribution is 0.190. The van der Waals surface area contributed by atoms with E-state index < -0.39 is 0 Å². The third-order valence-electron chi connectivity index (χ3n) is 4.10. The summed E-state index contributed by atoms with van der Waals surface area (Å²) in [5.74, 6) is 0. The lowest BCUT2D eigenvalue weighted by Crippen LogP contribution is -2.42. The number of fused-ring (bicyclic) bond motifs is 1. The summed E-state index contributed by atoms with van der Waals surface area (Å²) < 4.78 is 0. The maximum absolute atomic E-state index is 11.2. The van der Waals surface area contributed by atoms with Gasteiger partial charge in [0.1, 0.15) is 0 Å². The number of aromatic amines is 2. The number of rotatable bonds is 2. The topological polar surface area (TPSA) is 63.9 Å². The number of piperidine rings is 1. The largest absolute Gasteiger partial charge is 0.382 e. The van der Waals surface area contributed by atoms with Crippen molar-refractivity contribution in [1.29, 1.82) is 0 Å². The van der Waals surface area contributed by atoms with E-state index in [1.54, 1.807) is 0 Å². The molecule has 2 aromatic rings. The van der Waals surface area contributed by atoms with Crippen LogP contribution in [0.4, 0.5) is 5.69 Å². The number of aromatic nitrogens is 2. The molecule has 3 N–H and O–H groups in total. The summed E-state index contributed by atoms with van der Waals surface area (Å²) in [4.78, 5) is 19.2. The van der Waals surface area contributed by atoms with Crippen molar-refractivity contribution in [2.75, 3.05) is 18.9 Å². The van der Waals surface area contributed by atoms with Gasteiger partial charge in [-0.05, 0) is 45.0 Å². The first-order valence-electron chi connectivity index (χ1n) is 6.80. The van der Waals surface area contributed by atoms with Gasteiger partial charge >= 0.3 is 5.69 Å². The number of nitrogens with zero attached hydrogens (tertiary/aromatic N) is 1. The third kappa shape index (κ3) is 2.51. The third-order valence-corrected chi connectivity index (χ3v) is 4.10. The number of nitrogens with one attached hydrogen (secondary N) is 3. The molecule has 5 nitrogen and oxygen atoms in total. The van der Waals surface area contributed by atoms with Crippen molar-refractivity contribution in [3.05, 3.63) is 28.7 Å². The molecule has 1 aromatic carbocycles. The van der Waals surface area contributed by atoms with Crippen molar-refractivity contribution < 1.29 is 0 Å². The van der Waals surface area contributed by atoms with Crippen LogP contribution in [0.5, 0.6) is 0 Å². The Kier molecular flexibility index (Phi) is 3.06. The summed E-state index contributed by atoms with van der Waals surface area (Å²) in [6, 6.07) is 7.08. The van der Waals surface area contributed by atoms with Gasteiger partial charge in [-0.25, -0.2) is 4.79 Å². The molecule has 2 heterocycles. The molecule has 19 heavy (non-hydrogen) atoms. The number of hydrogen-bond acceptors (Lipinski definition) is 3. The average molecular weight is 260 g/mol. The molecule has 0 saturated carbocycles. The van der Waals surface area contributed by atoms with Crippen LogP contribution in [0.3, 0.4) is 0 Å². The highest BCUT2D eigenvalue weighted by atomic mass is 16.1. The van der Waals surface area contributed by atoms with Crippen LogP contribution in [0.15, 0.2) is 23.0 Å². The lowest BCUT2D eigenvalue weighted by Gasteiger charge is -2.35. The Labute approximate surface area is 112 Å². The molecule has 0 amide bonds. The summed E-state index contributed by atoms with van der Waals surface area (Å²) in [5.41, 5.74) is 2.63. The molecule has 1 aliphatic heterocycles. The van der Waals surface area contributed by atoms with Crippen molar-refractivity contribution in [2.45, 2.75) is 31.8 Å². The highest BCUT2D eigenvalue weighted by molar-refractivity contribution is 5.78. The van der Waals surface area contributed by atoms with Crippen LogP contribution < -0.4 is 11.0 Å². The molecule has 0 spiro atoms. The molecule has 3 rings (SSSR count). The minimum atomic E-state index is -0.153. The van der Waals surface area contributed by atoms with Crippen LogP contribution in [0.2, 0.25) is 0 Å². The van der Waals surface area contributed by atoms with Crippen LogP contribution in [-0.4, -0.2) is 40.5 Å². The molecule has 1 saturated heterocycles. The predicted molar refractivity (Wildman–Crippen MR) is 77.7 cm³/mol. The van der Waals surface area contributed by atoms with Crippen molar-refractivity contribution >= 4 is 16.7 Å². The highest BCUT2D eigenvalue weighted by Crippen LogP contribution is 2.21. The Morgan fingerprint density at radius 3 is 2.89 bits per heavy atom. The Morgan fingerprint density at radius 1 is 1.32 bits per heavy atom. The molecule has 1 aliphatic rings. The van der Waals surface area contributed by atoms with Gasteiger partial charge in [-0.1, -0.05) is 0 Å². The zero-order valence-corrected chi connectivity index (χ0v) is 11.4. The first-order chi connectivity index (χ1) is 9.11. The van der Waals surface area contributed by atoms with Crippen molar-refractivity contribution in [2.24, 2.45) is 0 Å². The summed E-state index contributed by atoms with van der Waals surface area (Å²) in [5, 5.41) is 3.57. The number of H-pyrrole nitrogens is 2. The monoisotopic (exact) mass is 260 g/mol. The second kappa shape index (κ2) is 4.74. The number of hydrogen-bond donors (Lipinski definition) is 3. The van der Waals surface area contributed by atoms with Crippen LogP contribution in [-0.2, 0) is 0 Å². The SMILES string of the molecule is CC1CC(Nc2ccc3[nH]c(=O)[nH]c3c2)CCN1C. The molecular formula is C14H20N4O. The van der Waals surface area contributed by atoms with Crippen LogP contribution in [0.1, 0.15) is 19.8 Å². The van der Waals surface area contributed by atoms with Gasteiger partial charge in [0, 0.05) is 24.3 Å². The normalized spacial score (nSPS) is 24.7. The van der Waals surface area contributed by atoms with Gasteiger partial charge in [0.25, 0.3) is 0 Å². The van der Waals surface area contributed by atoms with E-state index in [9.17, 15) is 4.79 Å². The summed E-state index contributed by atoms with van der Waals surface area (Å²) in [6.07, 6.45) is 2.31. The van der Waals surface area contributed by atoms with Crippen molar-refractivity contribution in [1.82, 2.24) is 14.9 Å². The van der Waals surface area contributed by atoms with E-state index in [0.29, 0.717) is 12.1 Å². The molecule has 5 heteroatoms. The number of benzene rings is 1. The molecule has 2 unspecified atom stereocenters. The van der Waals surface area contributed by atoms with Gasteiger partial charge in [-0.15, -0.1) is 0 Å². The predicted octanol–water partition coefficient (Wildman–Crippen LogP) is 1.75. The molecule has 0 radical (unpaired) electrons. The van der Waals surface area contributed by atoms with E-state index >= 15 is 0 Å². The van der Waals surface area contributed by atoms with E-state index in [2.05, 4.69) is 34.2 Å². The fraction of sp³-hybridized carbons (Fsp3) is 0.500. The van der Waals surface area contributed by atoms with Gasteiger partial charge in [-0.3, -0.25) is 0 Å². The number of likely N-dealkylation sites (tertiary alicyclic amines) is 1. The lowest BCUT2D eigenvalue weighted by atomic mass is 9.98. The molecule has 1 fully saturated rings. The zero-order chi connectivity index (χ0) is 13.4. The first kappa shape index (κ1) is 12.3. The fourth-order valence-corrected chi connectivity index (χ4v) is 2.78. The molecule has 102 valence electrons. The van der Waals surface area contributed by atoms with Gasteiger partial charge in [0.15, 0.2) is 0 Å². The quantitative estimate of drug-likeness (QED) is 0.771. The Bertz CT molecular complexity index is 630. The van der Waals surface area contributed by atoms with Crippen LogP contribution >= 0.6 is 0 Å². The number of anilines is 1. The van der Waals surface area contributed by atoms with Crippen LogP contribution in [0, 0.1) is 0 Å². The maximum Gasteiger partial charge on any atom is 0.323 e. The molecule has 2 atom stereocenters. The minimum Gasteiger partial charge on any atom is -0.382 e. The van der Waals surface area contributed by atoms with Gasteiger partial charge < -0.3 is 20.2 Å². The van der Waals surface area contributed by atoms with Gasteiger partial charge in [0.2, 0.25) is 0 Å². The minimum absolute atomic E-state index is 0.153. The van der Waals surface area contributed by atoms with E-state index in [1.165, 1.54) is 0 Å². The Morgan fingerprint density at radius 2 is 2.11 bits per heavy atom. The van der Waals surface area contributed by atoms with Crippen LogP contribution in [0.25, 0.3) is 11.0 Å². The van der Waals surface area contributed by atoms with Gasteiger partial charge in [0.05, 0.1) is 11.0 Å². The smallest absolute Gasteiger partial charge is 0.323 e. The first-order valence-corrected chi connectivity index (χ1v) is 6.80. The highest BCUT2D eigenvalue weighted by Gasteiger charge is 2.22.